The van der Waals surface area contributed by atoms with Crippen molar-refractivity contribution < 1.29 is 4.74 Å². The second-order valence-corrected chi connectivity index (χ2v) is 5.61. The summed E-state index contributed by atoms with van der Waals surface area (Å²) in [4.78, 5) is 2.42. The maximum Gasteiger partial charge on any atom is 0.0468 e. The van der Waals surface area contributed by atoms with Crippen molar-refractivity contribution >= 4 is 0 Å². The van der Waals surface area contributed by atoms with Gasteiger partial charge < -0.3 is 15.0 Å². The molecule has 16 heavy (non-hydrogen) atoms. The van der Waals surface area contributed by atoms with Crippen LogP contribution in [0, 0.1) is 5.92 Å². The molecule has 2 aliphatic heterocycles. The van der Waals surface area contributed by atoms with E-state index in [9.17, 15) is 0 Å². The Morgan fingerprint density at radius 3 is 2.69 bits per heavy atom. The van der Waals surface area contributed by atoms with Crippen LogP contribution in [-0.2, 0) is 4.74 Å². The van der Waals surface area contributed by atoms with Crippen LogP contribution >= 0.6 is 0 Å². The van der Waals surface area contributed by atoms with Gasteiger partial charge in [-0.3, -0.25) is 0 Å². The van der Waals surface area contributed by atoms with Gasteiger partial charge in [0.05, 0.1) is 0 Å². The molecule has 94 valence electrons. The van der Waals surface area contributed by atoms with Crippen molar-refractivity contribution in [3.63, 3.8) is 0 Å². The maximum absolute atomic E-state index is 5.40. The third-order valence-electron chi connectivity index (χ3n) is 3.94. The quantitative estimate of drug-likeness (QED) is 0.786. The number of hydrogen-bond acceptors (Lipinski definition) is 3. The molecule has 1 N–H and O–H groups in total. The highest BCUT2D eigenvalue weighted by Gasteiger charge is 2.22. The van der Waals surface area contributed by atoms with E-state index in [1.165, 1.54) is 38.8 Å². The molecule has 2 saturated heterocycles. The molecular weight excluding hydrogens is 200 g/mol. The smallest absolute Gasteiger partial charge is 0.0468 e. The van der Waals surface area contributed by atoms with Crippen LogP contribution in [0.1, 0.15) is 32.6 Å². The van der Waals surface area contributed by atoms with Crippen LogP contribution in [0.5, 0.6) is 0 Å². The van der Waals surface area contributed by atoms with Gasteiger partial charge in [-0.05, 0) is 52.1 Å². The molecule has 0 aromatic heterocycles. The first-order valence-electron chi connectivity index (χ1n) is 6.76. The van der Waals surface area contributed by atoms with Crippen LogP contribution in [0.3, 0.4) is 0 Å². The maximum atomic E-state index is 5.40. The minimum absolute atomic E-state index is 0.666. The van der Waals surface area contributed by atoms with Crippen molar-refractivity contribution in [1.82, 2.24) is 10.2 Å². The summed E-state index contributed by atoms with van der Waals surface area (Å²) in [6, 6.07) is 1.39. The molecule has 0 saturated carbocycles. The third kappa shape index (κ3) is 3.72. The fourth-order valence-electron chi connectivity index (χ4n) is 3.02. The van der Waals surface area contributed by atoms with E-state index < -0.39 is 0 Å². The van der Waals surface area contributed by atoms with Gasteiger partial charge >= 0.3 is 0 Å². The lowest BCUT2D eigenvalue weighted by Gasteiger charge is -2.27. The van der Waals surface area contributed by atoms with Crippen molar-refractivity contribution in [3.8, 4) is 0 Å². The van der Waals surface area contributed by atoms with Crippen LogP contribution in [-0.4, -0.2) is 50.3 Å². The molecule has 3 heteroatoms. The first-order valence-corrected chi connectivity index (χ1v) is 6.76. The molecule has 0 radical (unpaired) electrons. The Morgan fingerprint density at radius 1 is 1.31 bits per heavy atom. The van der Waals surface area contributed by atoms with Crippen LogP contribution in [0.2, 0.25) is 0 Å². The molecule has 3 nitrogen and oxygen atoms in total. The fraction of sp³-hybridized carbons (Fsp3) is 1.00. The normalized spacial score (nSPS) is 30.8. The van der Waals surface area contributed by atoms with Crippen molar-refractivity contribution in [2.75, 3.05) is 33.4 Å². The van der Waals surface area contributed by atoms with E-state index in [1.807, 2.05) is 0 Å². The summed E-state index contributed by atoms with van der Waals surface area (Å²) in [7, 11) is 2.21. The highest BCUT2D eigenvalue weighted by atomic mass is 16.5. The Kier molecular flexibility index (Phi) is 4.62. The first kappa shape index (κ1) is 12.3. The van der Waals surface area contributed by atoms with Crippen molar-refractivity contribution in [2.45, 2.75) is 44.7 Å². The van der Waals surface area contributed by atoms with E-state index in [-0.39, 0.29) is 0 Å². The SMILES string of the molecule is CC(CC1CCOCC1)NC1CCN(C)C1. The number of likely N-dealkylation sites (N-methyl/N-ethyl adjacent to an activating group) is 1. The molecule has 2 unspecified atom stereocenters. The predicted octanol–water partition coefficient (Wildman–Crippen LogP) is 1.49. The average Bonchev–Trinajstić information content (AvgIpc) is 2.65. The van der Waals surface area contributed by atoms with Gasteiger partial charge in [-0.25, -0.2) is 0 Å². The standard InChI is InChI=1S/C13H26N2O/c1-11(9-12-4-7-16-8-5-12)14-13-3-6-15(2)10-13/h11-14H,3-10H2,1-2H3. The summed E-state index contributed by atoms with van der Waals surface area (Å²) in [5.41, 5.74) is 0. The topological polar surface area (TPSA) is 24.5 Å². The summed E-state index contributed by atoms with van der Waals surface area (Å²) < 4.78 is 5.40. The van der Waals surface area contributed by atoms with Crippen LogP contribution in [0.4, 0.5) is 0 Å². The molecule has 0 aromatic carbocycles. The Labute approximate surface area is 99.5 Å². The van der Waals surface area contributed by atoms with Crippen molar-refractivity contribution in [3.05, 3.63) is 0 Å². The van der Waals surface area contributed by atoms with E-state index in [1.54, 1.807) is 0 Å². The lowest BCUT2D eigenvalue weighted by molar-refractivity contribution is 0.0608. The monoisotopic (exact) mass is 226 g/mol. The molecule has 2 aliphatic rings. The van der Waals surface area contributed by atoms with E-state index in [0.29, 0.717) is 6.04 Å². The Hall–Kier alpha value is -0.120. The Morgan fingerprint density at radius 2 is 2.06 bits per heavy atom. The van der Waals surface area contributed by atoms with E-state index >= 15 is 0 Å². The average molecular weight is 226 g/mol. The van der Waals surface area contributed by atoms with Gasteiger partial charge in [0.25, 0.3) is 0 Å². The molecule has 2 heterocycles. The lowest BCUT2D eigenvalue weighted by atomic mass is 9.93. The third-order valence-corrected chi connectivity index (χ3v) is 3.94. The van der Waals surface area contributed by atoms with E-state index in [0.717, 1.165) is 25.2 Å². The molecule has 2 fully saturated rings. The highest BCUT2D eigenvalue weighted by Crippen LogP contribution is 2.20. The highest BCUT2D eigenvalue weighted by molar-refractivity contribution is 4.82. The number of ether oxygens (including phenoxy) is 1. The molecule has 0 spiro atoms. The van der Waals surface area contributed by atoms with Crippen LogP contribution < -0.4 is 5.32 Å². The van der Waals surface area contributed by atoms with Gasteiger partial charge in [-0.2, -0.15) is 0 Å². The Balaban J connectivity index is 1.65. The van der Waals surface area contributed by atoms with Gasteiger partial charge in [0.1, 0.15) is 0 Å². The van der Waals surface area contributed by atoms with Gasteiger partial charge in [0, 0.05) is 31.8 Å². The van der Waals surface area contributed by atoms with Gasteiger partial charge in [-0.15, -0.1) is 0 Å². The van der Waals surface area contributed by atoms with Gasteiger partial charge in [0.15, 0.2) is 0 Å². The zero-order valence-corrected chi connectivity index (χ0v) is 10.7. The minimum atomic E-state index is 0.666. The van der Waals surface area contributed by atoms with Crippen molar-refractivity contribution in [1.29, 1.82) is 0 Å². The fourth-order valence-corrected chi connectivity index (χ4v) is 3.02. The van der Waals surface area contributed by atoms with Gasteiger partial charge in [-0.1, -0.05) is 0 Å². The summed E-state index contributed by atoms with van der Waals surface area (Å²) in [5.74, 6) is 0.885. The molecule has 2 rings (SSSR count). The summed E-state index contributed by atoms with van der Waals surface area (Å²) >= 11 is 0. The minimum Gasteiger partial charge on any atom is -0.381 e. The summed E-state index contributed by atoms with van der Waals surface area (Å²) in [5, 5.41) is 3.77. The second kappa shape index (κ2) is 5.99. The largest absolute Gasteiger partial charge is 0.381 e. The van der Waals surface area contributed by atoms with E-state index in [4.69, 9.17) is 4.74 Å². The zero-order valence-electron chi connectivity index (χ0n) is 10.7. The number of nitrogens with zero attached hydrogens (tertiary/aromatic N) is 1. The van der Waals surface area contributed by atoms with Gasteiger partial charge in [0.2, 0.25) is 0 Å². The van der Waals surface area contributed by atoms with Crippen molar-refractivity contribution in [2.24, 2.45) is 5.92 Å². The van der Waals surface area contributed by atoms with Crippen LogP contribution in [0.25, 0.3) is 0 Å². The number of hydrogen-bond donors (Lipinski definition) is 1. The van der Waals surface area contributed by atoms with Crippen LogP contribution in [0.15, 0.2) is 0 Å². The molecule has 0 aromatic rings. The number of nitrogens with one attached hydrogen (secondary N) is 1. The zero-order chi connectivity index (χ0) is 11.4. The molecule has 0 amide bonds. The number of rotatable bonds is 4. The molecule has 0 aliphatic carbocycles. The van der Waals surface area contributed by atoms with E-state index in [2.05, 4.69) is 24.2 Å². The summed E-state index contributed by atoms with van der Waals surface area (Å²) in [6.07, 6.45) is 5.16. The summed E-state index contributed by atoms with van der Waals surface area (Å²) in [6.45, 7) is 6.76. The molecule has 0 bridgehead atoms. The molecule has 2 atom stereocenters. The Bertz CT molecular complexity index is 197. The molecular formula is C13H26N2O. The predicted molar refractivity (Wildman–Crippen MR) is 66.7 cm³/mol. The first-order chi connectivity index (χ1) is 7.74. The second-order valence-electron chi connectivity index (χ2n) is 5.61. The lowest BCUT2D eigenvalue weighted by Crippen LogP contribution is -2.39. The number of likely N-dealkylation sites (tertiary alicyclic amines) is 1.